The first-order valence-corrected chi connectivity index (χ1v) is 6.10. The summed E-state index contributed by atoms with van der Waals surface area (Å²) in [5, 5.41) is 3.74. The second-order valence-electron chi connectivity index (χ2n) is 4.06. The van der Waals surface area contributed by atoms with Crippen molar-refractivity contribution >= 4 is 11.6 Å². The largest absolute Gasteiger partial charge is 0.439 e. The summed E-state index contributed by atoms with van der Waals surface area (Å²) in [5.74, 6) is 1.30. The van der Waals surface area contributed by atoms with Crippen LogP contribution >= 0.6 is 11.6 Å². The number of pyridine rings is 1. The number of aromatic nitrogens is 1. The van der Waals surface area contributed by atoms with Gasteiger partial charge in [-0.05, 0) is 43.8 Å². The molecule has 0 aliphatic rings. The molecule has 0 aliphatic heterocycles. The lowest BCUT2D eigenvalue weighted by Gasteiger charge is -2.09. The first kappa shape index (κ1) is 12.9. The minimum Gasteiger partial charge on any atom is -0.439 e. The van der Waals surface area contributed by atoms with Gasteiger partial charge in [0.25, 0.3) is 0 Å². The van der Waals surface area contributed by atoms with Crippen LogP contribution in [0.2, 0.25) is 5.02 Å². The Bertz CT molecular complexity index is 543. The topological polar surface area (TPSA) is 34.2 Å². The zero-order chi connectivity index (χ0) is 13.0. The monoisotopic (exact) mass is 262 g/mol. The zero-order valence-corrected chi connectivity index (χ0v) is 11.2. The molecule has 1 aromatic heterocycles. The second kappa shape index (κ2) is 5.85. The van der Waals surface area contributed by atoms with Gasteiger partial charge in [0.1, 0.15) is 5.75 Å². The van der Waals surface area contributed by atoms with Gasteiger partial charge in [-0.3, -0.25) is 0 Å². The molecule has 0 atom stereocenters. The molecule has 94 valence electrons. The number of nitrogens with zero attached hydrogens (tertiary/aromatic N) is 1. The molecule has 1 heterocycles. The van der Waals surface area contributed by atoms with E-state index < -0.39 is 0 Å². The van der Waals surface area contributed by atoms with Crippen molar-refractivity contribution in [2.75, 3.05) is 7.05 Å². The Kier molecular flexibility index (Phi) is 4.18. The molecule has 2 aromatic rings. The quantitative estimate of drug-likeness (QED) is 0.915. The van der Waals surface area contributed by atoms with Crippen LogP contribution in [0.25, 0.3) is 0 Å². The summed E-state index contributed by atoms with van der Waals surface area (Å²) in [4.78, 5) is 4.32. The van der Waals surface area contributed by atoms with Crippen LogP contribution in [0.4, 0.5) is 0 Å². The molecule has 0 saturated carbocycles. The predicted molar refractivity (Wildman–Crippen MR) is 73.3 cm³/mol. The van der Waals surface area contributed by atoms with Crippen molar-refractivity contribution in [3.05, 3.63) is 52.7 Å². The summed E-state index contributed by atoms with van der Waals surface area (Å²) in [6, 6.07) is 9.34. The molecule has 18 heavy (non-hydrogen) atoms. The van der Waals surface area contributed by atoms with E-state index in [1.54, 1.807) is 6.07 Å². The Labute approximate surface area is 112 Å². The van der Waals surface area contributed by atoms with Gasteiger partial charge in [0.05, 0.1) is 0 Å². The van der Waals surface area contributed by atoms with Gasteiger partial charge in [0, 0.05) is 23.3 Å². The lowest BCUT2D eigenvalue weighted by atomic mass is 10.2. The maximum absolute atomic E-state index is 5.91. The van der Waals surface area contributed by atoms with Crippen molar-refractivity contribution in [2.24, 2.45) is 0 Å². The summed E-state index contributed by atoms with van der Waals surface area (Å²) in [6.45, 7) is 2.78. The summed E-state index contributed by atoms with van der Waals surface area (Å²) >= 11 is 5.91. The number of halogens is 1. The van der Waals surface area contributed by atoms with E-state index in [0.717, 1.165) is 17.7 Å². The summed E-state index contributed by atoms with van der Waals surface area (Å²) in [6.07, 6.45) is 1.81. The van der Waals surface area contributed by atoms with Crippen molar-refractivity contribution in [2.45, 2.75) is 13.5 Å². The Morgan fingerprint density at radius 1 is 1.33 bits per heavy atom. The highest BCUT2D eigenvalue weighted by Gasteiger charge is 2.04. The molecule has 0 saturated heterocycles. The molecule has 1 aromatic carbocycles. The molecule has 0 amide bonds. The molecule has 0 fully saturated rings. The minimum atomic E-state index is 0.608. The maximum Gasteiger partial charge on any atom is 0.222 e. The van der Waals surface area contributed by atoms with E-state index in [0.29, 0.717) is 16.7 Å². The van der Waals surface area contributed by atoms with Gasteiger partial charge < -0.3 is 10.1 Å². The fourth-order valence-electron chi connectivity index (χ4n) is 1.67. The molecule has 4 heteroatoms. The average molecular weight is 263 g/mol. The number of aryl methyl sites for hydroxylation is 1. The maximum atomic E-state index is 5.91. The van der Waals surface area contributed by atoms with Crippen LogP contribution in [0.1, 0.15) is 11.1 Å². The predicted octanol–water partition coefficient (Wildman–Crippen LogP) is 3.56. The van der Waals surface area contributed by atoms with Crippen LogP contribution in [0.5, 0.6) is 11.6 Å². The van der Waals surface area contributed by atoms with E-state index in [1.807, 2.05) is 38.4 Å². The SMILES string of the molecule is CNCc1cnc(Oc2cccc(Cl)c2)c(C)c1. The van der Waals surface area contributed by atoms with Crippen molar-refractivity contribution in [1.82, 2.24) is 10.3 Å². The average Bonchev–Trinajstić information content (AvgIpc) is 2.33. The first-order chi connectivity index (χ1) is 8.69. The van der Waals surface area contributed by atoms with Crippen LogP contribution in [0.15, 0.2) is 36.5 Å². The summed E-state index contributed by atoms with van der Waals surface area (Å²) < 4.78 is 5.71. The first-order valence-electron chi connectivity index (χ1n) is 5.72. The molecule has 0 unspecified atom stereocenters. The fraction of sp³-hybridized carbons (Fsp3) is 0.214. The van der Waals surface area contributed by atoms with E-state index >= 15 is 0 Å². The van der Waals surface area contributed by atoms with Crippen molar-refractivity contribution in [1.29, 1.82) is 0 Å². The van der Waals surface area contributed by atoms with Crippen LogP contribution in [-0.4, -0.2) is 12.0 Å². The van der Waals surface area contributed by atoms with Gasteiger partial charge in [-0.25, -0.2) is 4.98 Å². The zero-order valence-electron chi connectivity index (χ0n) is 10.4. The van der Waals surface area contributed by atoms with E-state index in [4.69, 9.17) is 16.3 Å². The number of ether oxygens (including phenoxy) is 1. The lowest BCUT2D eigenvalue weighted by Crippen LogP contribution is -2.06. The molecule has 0 spiro atoms. The molecule has 2 rings (SSSR count). The number of rotatable bonds is 4. The number of nitrogens with one attached hydrogen (secondary N) is 1. The van der Waals surface area contributed by atoms with Gasteiger partial charge >= 0.3 is 0 Å². The van der Waals surface area contributed by atoms with Crippen LogP contribution in [0.3, 0.4) is 0 Å². The number of benzene rings is 1. The highest BCUT2D eigenvalue weighted by atomic mass is 35.5. The molecule has 0 radical (unpaired) electrons. The second-order valence-corrected chi connectivity index (χ2v) is 4.49. The molecule has 0 aliphatic carbocycles. The molecule has 0 bridgehead atoms. The molecular formula is C14H15ClN2O. The highest BCUT2D eigenvalue weighted by Crippen LogP contribution is 2.25. The van der Waals surface area contributed by atoms with Crippen molar-refractivity contribution in [3.8, 4) is 11.6 Å². The van der Waals surface area contributed by atoms with Gasteiger partial charge in [-0.1, -0.05) is 17.7 Å². The smallest absolute Gasteiger partial charge is 0.222 e. The highest BCUT2D eigenvalue weighted by molar-refractivity contribution is 6.30. The number of hydrogen-bond acceptors (Lipinski definition) is 3. The Morgan fingerprint density at radius 3 is 2.83 bits per heavy atom. The van der Waals surface area contributed by atoms with Gasteiger partial charge in [-0.2, -0.15) is 0 Å². The standard InChI is InChI=1S/C14H15ClN2O/c1-10-6-11(8-16-2)9-17-14(10)18-13-5-3-4-12(15)7-13/h3-7,9,16H,8H2,1-2H3. The lowest BCUT2D eigenvalue weighted by molar-refractivity contribution is 0.458. The third-order valence-electron chi connectivity index (χ3n) is 2.48. The summed E-state index contributed by atoms with van der Waals surface area (Å²) in [5.41, 5.74) is 2.14. The normalized spacial score (nSPS) is 10.4. The Hall–Kier alpha value is -1.58. The summed E-state index contributed by atoms with van der Waals surface area (Å²) in [7, 11) is 1.91. The third-order valence-corrected chi connectivity index (χ3v) is 2.71. The van der Waals surface area contributed by atoms with Crippen LogP contribution in [0, 0.1) is 6.92 Å². The van der Waals surface area contributed by atoms with E-state index in [9.17, 15) is 0 Å². The fourth-order valence-corrected chi connectivity index (χ4v) is 1.85. The van der Waals surface area contributed by atoms with Gasteiger partial charge in [0.15, 0.2) is 0 Å². The Morgan fingerprint density at radius 2 is 2.17 bits per heavy atom. The Balaban J connectivity index is 2.19. The number of hydrogen-bond donors (Lipinski definition) is 1. The van der Waals surface area contributed by atoms with Crippen molar-refractivity contribution in [3.63, 3.8) is 0 Å². The molecule has 1 N–H and O–H groups in total. The van der Waals surface area contributed by atoms with Crippen LogP contribution in [-0.2, 0) is 6.54 Å². The van der Waals surface area contributed by atoms with Crippen molar-refractivity contribution < 1.29 is 4.74 Å². The van der Waals surface area contributed by atoms with E-state index in [2.05, 4.69) is 16.4 Å². The van der Waals surface area contributed by atoms with Gasteiger partial charge in [0.2, 0.25) is 5.88 Å². The van der Waals surface area contributed by atoms with E-state index in [-0.39, 0.29) is 0 Å². The molecular weight excluding hydrogens is 248 g/mol. The van der Waals surface area contributed by atoms with Gasteiger partial charge in [-0.15, -0.1) is 0 Å². The molecule has 3 nitrogen and oxygen atoms in total. The van der Waals surface area contributed by atoms with E-state index in [1.165, 1.54) is 0 Å². The minimum absolute atomic E-state index is 0.608. The third kappa shape index (κ3) is 3.22. The van der Waals surface area contributed by atoms with Crippen LogP contribution < -0.4 is 10.1 Å².